The van der Waals surface area contributed by atoms with Gasteiger partial charge in [0, 0.05) is 32.2 Å². The Morgan fingerprint density at radius 3 is 2.71 bits per heavy atom. The van der Waals surface area contributed by atoms with E-state index >= 15 is 0 Å². The highest BCUT2D eigenvalue weighted by atomic mass is 16.5. The minimum atomic E-state index is 0.767. The van der Waals surface area contributed by atoms with Crippen LogP contribution in [0.5, 0.6) is 5.75 Å². The first-order valence-electron chi connectivity index (χ1n) is 8.13. The molecule has 114 valence electrons. The maximum absolute atomic E-state index is 5.85. The lowest BCUT2D eigenvalue weighted by Crippen LogP contribution is -2.32. The van der Waals surface area contributed by atoms with Crippen molar-refractivity contribution < 1.29 is 4.74 Å². The van der Waals surface area contributed by atoms with Crippen LogP contribution in [-0.4, -0.2) is 37.2 Å². The molecule has 2 aliphatic rings. The van der Waals surface area contributed by atoms with E-state index in [9.17, 15) is 0 Å². The first kappa shape index (κ1) is 14.6. The summed E-state index contributed by atoms with van der Waals surface area (Å²) in [6, 6.07) is 9.27. The summed E-state index contributed by atoms with van der Waals surface area (Å²) in [6.45, 7) is 7.21. The standard InChI is InChI=1S/C18H26N2O/c1-15-8-10-20(11-9-15)12-13-21-18-6-2-16(3-7-18)14-19-17-4-5-17/h2-3,6-8,17,19H,4-5,9-14H2,1H3. The van der Waals surface area contributed by atoms with Crippen LogP contribution in [0.25, 0.3) is 0 Å². The molecule has 1 fully saturated rings. The zero-order valence-corrected chi connectivity index (χ0v) is 13.0. The second-order valence-electron chi connectivity index (χ2n) is 6.25. The molecule has 3 heteroatoms. The molecule has 1 saturated carbocycles. The van der Waals surface area contributed by atoms with Gasteiger partial charge in [-0.15, -0.1) is 0 Å². The van der Waals surface area contributed by atoms with Crippen molar-refractivity contribution in [3.8, 4) is 5.75 Å². The molecule has 0 atom stereocenters. The van der Waals surface area contributed by atoms with Crippen molar-refractivity contribution in [3.05, 3.63) is 41.5 Å². The van der Waals surface area contributed by atoms with Gasteiger partial charge in [0.1, 0.15) is 12.4 Å². The third-order valence-electron chi connectivity index (χ3n) is 4.29. The molecule has 0 spiro atoms. The fraction of sp³-hybridized carbons (Fsp3) is 0.556. The molecular weight excluding hydrogens is 260 g/mol. The van der Waals surface area contributed by atoms with Crippen LogP contribution < -0.4 is 10.1 Å². The molecule has 1 N–H and O–H groups in total. The summed E-state index contributed by atoms with van der Waals surface area (Å²) in [5.41, 5.74) is 2.86. The highest BCUT2D eigenvalue weighted by Gasteiger charge is 2.19. The van der Waals surface area contributed by atoms with Crippen LogP contribution in [0.2, 0.25) is 0 Å². The third-order valence-corrected chi connectivity index (χ3v) is 4.29. The molecule has 0 aromatic heterocycles. The minimum absolute atomic E-state index is 0.767. The molecule has 3 rings (SSSR count). The molecule has 3 nitrogen and oxygen atoms in total. The number of hydrogen-bond acceptors (Lipinski definition) is 3. The Bertz CT molecular complexity index is 476. The maximum Gasteiger partial charge on any atom is 0.119 e. The zero-order chi connectivity index (χ0) is 14.5. The number of ether oxygens (including phenoxy) is 1. The van der Waals surface area contributed by atoms with Crippen molar-refractivity contribution >= 4 is 0 Å². The van der Waals surface area contributed by atoms with Gasteiger partial charge in [0.25, 0.3) is 0 Å². The van der Waals surface area contributed by atoms with Crippen LogP contribution in [-0.2, 0) is 6.54 Å². The monoisotopic (exact) mass is 286 g/mol. The Morgan fingerprint density at radius 2 is 2.05 bits per heavy atom. The van der Waals surface area contributed by atoms with E-state index in [1.54, 1.807) is 0 Å². The summed E-state index contributed by atoms with van der Waals surface area (Å²) >= 11 is 0. The SMILES string of the molecule is CC1=CCN(CCOc2ccc(CNC3CC3)cc2)CC1. The summed E-state index contributed by atoms with van der Waals surface area (Å²) in [6.07, 6.45) is 6.20. The van der Waals surface area contributed by atoms with E-state index in [-0.39, 0.29) is 0 Å². The van der Waals surface area contributed by atoms with Crippen LogP contribution in [0.15, 0.2) is 35.9 Å². The number of benzene rings is 1. The molecule has 1 aromatic rings. The average Bonchev–Trinajstić information content (AvgIpc) is 3.33. The maximum atomic E-state index is 5.85. The Balaban J connectivity index is 1.36. The highest BCUT2D eigenvalue weighted by Crippen LogP contribution is 2.20. The van der Waals surface area contributed by atoms with Crippen molar-refractivity contribution in [1.29, 1.82) is 0 Å². The van der Waals surface area contributed by atoms with Crippen LogP contribution in [0.4, 0.5) is 0 Å². The lowest BCUT2D eigenvalue weighted by Gasteiger charge is -2.25. The van der Waals surface area contributed by atoms with Crippen LogP contribution in [0, 0.1) is 0 Å². The Kier molecular flexibility index (Phi) is 4.94. The van der Waals surface area contributed by atoms with Gasteiger partial charge in [-0.25, -0.2) is 0 Å². The van der Waals surface area contributed by atoms with Gasteiger partial charge in [-0.2, -0.15) is 0 Å². The number of nitrogens with one attached hydrogen (secondary N) is 1. The van der Waals surface area contributed by atoms with E-state index in [0.29, 0.717) is 0 Å². The molecule has 1 heterocycles. The van der Waals surface area contributed by atoms with E-state index in [0.717, 1.165) is 44.6 Å². The normalized spacial score (nSPS) is 19.4. The van der Waals surface area contributed by atoms with Gasteiger partial charge in [-0.1, -0.05) is 23.8 Å². The Morgan fingerprint density at radius 1 is 1.24 bits per heavy atom. The first-order valence-corrected chi connectivity index (χ1v) is 8.13. The van der Waals surface area contributed by atoms with E-state index in [1.807, 2.05) is 0 Å². The third kappa shape index (κ3) is 4.87. The molecule has 0 amide bonds. The predicted molar refractivity (Wildman–Crippen MR) is 86.6 cm³/mol. The largest absolute Gasteiger partial charge is 0.492 e. The van der Waals surface area contributed by atoms with E-state index < -0.39 is 0 Å². The van der Waals surface area contributed by atoms with Crippen molar-refractivity contribution in [2.75, 3.05) is 26.2 Å². The molecule has 1 aliphatic heterocycles. The van der Waals surface area contributed by atoms with Crippen molar-refractivity contribution in [2.45, 2.75) is 38.8 Å². The molecule has 21 heavy (non-hydrogen) atoms. The molecule has 0 radical (unpaired) electrons. The van der Waals surface area contributed by atoms with Gasteiger partial charge in [-0.05, 0) is 43.9 Å². The van der Waals surface area contributed by atoms with Gasteiger partial charge in [0.2, 0.25) is 0 Å². The summed E-state index contributed by atoms with van der Waals surface area (Å²) in [4.78, 5) is 2.45. The van der Waals surface area contributed by atoms with Crippen LogP contribution >= 0.6 is 0 Å². The quantitative estimate of drug-likeness (QED) is 0.780. The molecule has 0 saturated heterocycles. The lowest BCUT2D eigenvalue weighted by molar-refractivity contribution is 0.219. The molecule has 1 aromatic carbocycles. The van der Waals surface area contributed by atoms with Crippen molar-refractivity contribution in [3.63, 3.8) is 0 Å². The smallest absolute Gasteiger partial charge is 0.119 e. The van der Waals surface area contributed by atoms with Gasteiger partial charge in [-0.3, -0.25) is 4.90 Å². The van der Waals surface area contributed by atoms with Gasteiger partial charge >= 0.3 is 0 Å². The molecule has 1 aliphatic carbocycles. The van der Waals surface area contributed by atoms with E-state index in [1.165, 1.54) is 30.4 Å². The van der Waals surface area contributed by atoms with Crippen molar-refractivity contribution in [1.82, 2.24) is 10.2 Å². The summed E-state index contributed by atoms with van der Waals surface area (Å²) < 4.78 is 5.85. The number of nitrogens with zero attached hydrogens (tertiary/aromatic N) is 1. The van der Waals surface area contributed by atoms with E-state index in [4.69, 9.17) is 4.74 Å². The Labute approximate surface area is 128 Å². The average molecular weight is 286 g/mol. The van der Waals surface area contributed by atoms with Gasteiger partial charge < -0.3 is 10.1 Å². The topological polar surface area (TPSA) is 24.5 Å². The molecule has 0 unspecified atom stereocenters. The zero-order valence-electron chi connectivity index (χ0n) is 13.0. The molecular formula is C18H26N2O. The van der Waals surface area contributed by atoms with Crippen molar-refractivity contribution in [2.24, 2.45) is 0 Å². The van der Waals surface area contributed by atoms with Crippen LogP contribution in [0.3, 0.4) is 0 Å². The second-order valence-corrected chi connectivity index (χ2v) is 6.25. The minimum Gasteiger partial charge on any atom is -0.492 e. The second kappa shape index (κ2) is 7.10. The van der Waals surface area contributed by atoms with E-state index in [2.05, 4.69) is 47.5 Å². The summed E-state index contributed by atoms with van der Waals surface area (Å²) in [5, 5.41) is 3.53. The fourth-order valence-electron chi connectivity index (χ4n) is 2.56. The Hall–Kier alpha value is -1.32. The van der Waals surface area contributed by atoms with Crippen LogP contribution in [0.1, 0.15) is 31.7 Å². The fourth-order valence-corrected chi connectivity index (χ4v) is 2.56. The highest BCUT2D eigenvalue weighted by molar-refractivity contribution is 5.27. The lowest BCUT2D eigenvalue weighted by atomic mass is 10.1. The first-order chi connectivity index (χ1) is 10.3. The van der Waals surface area contributed by atoms with Gasteiger partial charge in [0.05, 0.1) is 0 Å². The molecule has 0 bridgehead atoms. The predicted octanol–water partition coefficient (Wildman–Crippen LogP) is 2.97. The summed E-state index contributed by atoms with van der Waals surface area (Å²) in [5.74, 6) is 0.980. The number of hydrogen-bond donors (Lipinski definition) is 1. The number of rotatable bonds is 7. The summed E-state index contributed by atoms with van der Waals surface area (Å²) in [7, 11) is 0. The van der Waals surface area contributed by atoms with Gasteiger partial charge in [0.15, 0.2) is 0 Å².